The summed E-state index contributed by atoms with van der Waals surface area (Å²) in [4.78, 5) is 14.4. The third-order valence-corrected chi connectivity index (χ3v) is 4.43. The average molecular weight is 328 g/mol. The first-order valence-corrected chi connectivity index (χ1v) is 7.74. The Morgan fingerprint density at radius 2 is 2.04 bits per heavy atom. The van der Waals surface area contributed by atoms with Crippen LogP contribution in [0.25, 0.3) is 0 Å². The van der Waals surface area contributed by atoms with Crippen LogP contribution < -0.4 is 5.32 Å². The zero-order valence-electron chi connectivity index (χ0n) is 12.6. The Hall–Kier alpha value is -1.60. The molecule has 0 radical (unpaired) electrons. The second kappa shape index (κ2) is 6.49. The number of amides is 1. The molecule has 2 aliphatic heterocycles. The van der Waals surface area contributed by atoms with Gasteiger partial charge in [0, 0.05) is 24.7 Å². The molecule has 3 rings (SSSR count). The van der Waals surface area contributed by atoms with Gasteiger partial charge in [-0.25, -0.2) is 0 Å². The molecule has 2 heterocycles. The van der Waals surface area contributed by atoms with E-state index in [-0.39, 0.29) is 17.6 Å². The molecule has 1 N–H and O–H groups in total. The van der Waals surface area contributed by atoms with Crippen LogP contribution in [0.2, 0.25) is 0 Å². The maximum atomic E-state index is 12.5. The minimum absolute atomic E-state index is 0.0669. The number of alkyl halides is 3. The highest BCUT2D eigenvalue weighted by molar-refractivity contribution is 5.94. The Bertz CT molecular complexity index is 559. The van der Waals surface area contributed by atoms with Crippen molar-refractivity contribution in [2.24, 2.45) is 0 Å². The molecule has 4 nitrogen and oxygen atoms in total. The van der Waals surface area contributed by atoms with Gasteiger partial charge in [0.2, 0.25) is 0 Å². The van der Waals surface area contributed by atoms with Gasteiger partial charge in [0.15, 0.2) is 0 Å². The van der Waals surface area contributed by atoms with E-state index in [0.29, 0.717) is 19.2 Å². The number of hydrogen-bond donors (Lipinski definition) is 1. The number of hydrogen-bond acceptors (Lipinski definition) is 3. The maximum Gasteiger partial charge on any atom is 0.416 e. The average Bonchev–Trinajstić information content (AvgIpc) is 2.99. The Labute approximate surface area is 132 Å². The lowest BCUT2D eigenvalue weighted by molar-refractivity contribution is -0.137. The normalized spacial score (nSPS) is 25.2. The monoisotopic (exact) mass is 328 g/mol. The van der Waals surface area contributed by atoms with Crippen molar-refractivity contribution in [3.05, 3.63) is 35.4 Å². The first-order chi connectivity index (χ1) is 10.9. The number of nitrogens with zero attached hydrogens (tertiary/aromatic N) is 1. The number of fused-ring (bicyclic) bond motifs is 1. The van der Waals surface area contributed by atoms with Crippen LogP contribution in [0.5, 0.6) is 0 Å². The van der Waals surface area contributed by atoms with Crippen LogP contribution >= 0.6 is 0 Å². The van der Waals surface area contributed by atoms with Gasteiger partial charge in [-0.1, -0.05) is 0 Å². The summed E-state index contributed by atoms with van der Waals surface area (Å²) in [6, 6.07) is 4.71. The molecule has 7 heteroatoms. The molecule has 1 aromatic rings. The molecule has 1 aromatic carbocycles. The van der Waals surface area contributed by atoms with Crippen LogP contribution in [0.4, 0.5) is 13.2 Å². The van der Waals surface area contributed by atoms with Crippen LogP contribution in [0, 0.1) is 0 Å². The summed E-state index contributed by atoms with van der Waals surface area (Å²) in [5, 5.41) is 2.73. The fourth-order valence-electron chi connectivity index (χ4n) is 3.13. The lowest BCUT2D eigenvalue weighted by Gasteiger charge is -2.35. The number of carbonyl (C=O) groups excluding carboxylic acids is 1. The molecule has 2 saturated heterocycles. The molecule has 0 bridgehead atoms. The van der Waals surface area contributed by atoms with Gasteiger partial charge in [-0.15, -0.1) is 0 Å². The van der Waals surface area contributed by atoms with Gasteiger partial charge in [0.25, 0.3) is 5.91 Å². The minimum atomic E-state index is -4.39. The molecule has 0 aliphatic carbocycles. The predicted molar refractivity (Wildman–Crippen MR) is 78.1 cm³/mol. The lowest BCUT2D eigenvalue weighted by Crippen LogP contribution is -2.50. The number of ether oxygens (including phenoxy) is 1. The first-order valence-electron chi connectivity index (χ1n) is 7.74. The fourth-order valence-corrected chi connectivity index (χ4v) is 3.13. The molecule has 2 fully saturated rings. The van der Waals surface area contributed by atoms with E-state index in [9.17, 15) is 18.0 Å². The van der Waals surface area contributed by atoms with E-state index in [1.54, 1.807) is 0 Å². The van der Waals surface area contributed by atoms with Gasteiger partial charge in [-0.05, 0) is 43.7 Å². The molecule has 23 heavy (non-hydrogen) atoms. The topological polar surface area (TPSA) is 41.6 Å². The Kier molecular flexibility index (Phi) is 4.59. The predicted octanol–water partition coefficient (Wildman–Crippen LogP) is 2.30. The van der Waals surface area contributed by atoms with Crippen molar-refractivity contribution < 1.29 is 22.7 Å². The fraction of sp³-hybridized carbons (Fsp3) is 0.562. The second-order valence-electron chi connectivity index (χ2n) is 6.03. The number of carbonyl (C=O) groups is 1. The van der Waals surface area contributed by atoms with Crippen LogP contribution in [0.1, 0.15) is 28.8 Å². The van der Waals surface area contributed by atoms with Crippen molar-refractivity contribution in [2.75, 3.05) is 26.2 Å². The standard InChI is InChI=1S/C16H19F3N2O2/c17-16(18,19)12-5-3-11(4-6-12)15(22)20-8-14-9-21-7-1-2-13(21)10-23-14/h3-6,13-14H,1-2,7-10H2,(H,20,22)/t13-,14+/m1/s1. The number of benzene rings is 1. The number of rotatable bonds is 3. The Morgan fingerprint density at radius 3 is 2.74 bits per heavy atom. The third-order valence-electron chi connectivity index (χ3n) is 4.43. The number of nitrogens with one attached hydrogen (secondary N) is 1. The number of halogens is 3. The van der Waals surface area contributed by atoms with Crippen LogP contribution in [0.3, 0.4) is 0 Å². The Balaban J connectivity index is 1.51. The van der Waals surface area contributed by atoms with Crippen LogP contribution in [-0.4, -0.2) is 49.2 Å². The Morgan fingerprint density at radius 1 is 1.30 bits per heavy atom. The van der Waals surface area contributed by atoms with E-state index in [0.717, 1.165) is 31.6 Å². The van der Waals surface area contributed by atoms with Crippen LogP contribution in [-0.2, 0) is 10.9 Å². The molecule has 0 unspecified atom stereocenters. The SMILES string of the molecule is O=C(NC[C@H]1CN2CCC[C@@H]2CO1)c1ccc(C(F)(F)F)cc1. The van der Waals surface area contributed by atoms with Crippen molar-refractivity contribution in [2.45, 2.75) is 31.2 Å². The summed E-state index contributed by atoms with van der Waals surface area (Å²) in [6.07, 6.45) is -2.12. The molecule has 0 aromatic heterocycles. The maximum absolute atomic E-state index is 12.5. The minimum Gasteiger partial charge on any atom is -0.373 e. The van der Waals surface area contributed by atoms with Crippen molar-refractivity contribution in [3.8, 4) is 0 Å². The molecular formula is C16H19F3N2O2. The zero-order valence-corrected chi connectivity index (χ0v) is 12.6. The van der Waals surface area contributed by atoms with Crippen molar-refractivity contribution in [1.29, 1.82) is 0 Å². The van der Waals surface area contributed by atoms with Gasteiger partial charge in [-0.3, -0.25) is 9.69 Å². The zero-order chi connectivity index (χ0) is 16.4. The van der Waals surface area contributed by atoms with E-state index < -0.39 is 11.7 Å². The van der Waals surface area contributed by atoms with Crippen LogP contribution in [0.15, 0.2) is 24.3 Å². The summed E-state index contributed by atoms with van der Waals surface area (Å²) >= 11 is 0. The molecule has 1 amide bonds. The number of morpholine rings is 1. The quantitative estimate of drug-likeness (QED) is 0.926. The molecule has 0 spiro atoms. The lowest BCUT2D eigenvalue weighted by atomic mass is 10.1. The molecule has 126 valence electrons. The van der Waals surface area contributed by atoms with Gasteiger partial charge >= 0.3 is 6.18 Å². The van der Waals surface area contributed by atoms with Gasteiger partial charge in [0.05, 0.1) is 18.3 Å². The van der Waals surface area contributed by atoms with Gasteiger partial charge < -0.3 is 10.1 Å². The molecular weight excluding hydrogens is 309 g/mol. The molecule has 0 saturated carbocycles. The van der Waals surface area contributed by atoms with E-state index >= 15 is 0 Å². The summed E-state index contributed by atoms with van der Waals surface area (Å²) in [5.74, 6) is -0.383. The summed E-state index contributed by atoms with van der Waals surface area (Å²) in [5.41, 5.74) is -0.544. The van der Waals surface area contributed by atoms with E-state index in [4.69, 9.17) is 4.74 Å². The third kappa shape index (κ3) is 3.84. The highest BCUT2D eigenvalue weighted by atomic mass is 19.4. The largest absolute Gasteiger partial charge is 0.416 e. The summed E-state index contributed by atoms with van der Waals surface area (Å²) in [6.45, 7) is 2.90. The van der Waals surface area contributed by atoms with Gasteiger partial charge in [0.1, 0.15) is 0 Å². The van der Waals surface area contributed by atoms with E-state index in [2.05, 4.69) is 10.2 Å². The molecule has 2 aliphatic rings. The first kappa shape index (κ1) is 16.3. The van der Waals surface area contributed by atoms with E-state index in [1.165, 1.54) is 18.6 Å². The highest BCUT2D eigenvalue weighted by Crippen LogP contribution is 2.29. The van der Waals surface area contributed by atoms with Crippen molar-refractivity contribution in [1.82, 2.24) is 10.2 Å². The second-order valence-corrected chi connectivity index (χ2v) is 6.03. The van der Waals surface area contributed by atoms with Crippen molar-refractivity contribution >= 4 is 5.91 Å². The smallest absolute Gasteiger partial charge is 0.373 e. The van der Waals surface area contributed by atoms with Crippen molar-refractivity contribution in [3.63, 3.8) is 0 Å². The van der Waals surface area contributed by atoms with E-state index in [1.807, 2.05) is 0 Å². The highest BCUT2D eigenvalue weighted by Gasteiger charge is 2.32. The summed E-state index contributed by atoms with van der Waals surface area (Å²) < 4.78 is 43.2. The molecule has 2 atom stereocenters. The summed E-state index contributed by atoms with van der Waals surface area (Å²) in [7, 11) is 0. The van der Waals surface area contributed by atoms with Gasteiger partial charge in [-0.2, -0.15) is 13.2 Å².